The van der Waals surface area contributed by atoms with Gasteiger partial charge in [-0.05, 0) is 48.9 Å². The summed E-state index contributed by atoms with van der Waals surface area (Å²) in [5.74, 6) is -0.109. The molecule has 0 radical (unpaired) electrons. The van der Waals surface area contributed by atoms with E-state index < -0.39 is 0 Å². The second kappa shape index (κ2) is 5.89. The maximum Gasteiger partial charge on any atom is 0.255 e. The molecule has 3 nitrogen and oxygen atoms in total. The molecular weight excluding hydrogens is 304 g/mol. The minimum Gasteiger partial charge on any atom is -0.388 e. The molecule has 98 valence electrons. The van der Waals surface area contributed by atoms with Gasteiger partial charge in [-0.1, -0.05) is 22.0 Å². The van der Waals surface area contributed by atoms with Crippen LogP contribution in [0.2, 0.25) is 0 Å². The van der Waals surface area contributed by atoms with Crippen molar-refractivity contribution in [2.45, 2.75) is 6.92 Å². The van der Waals surface area contributed by atoms with Crippen molar-refractivity contribution in [3.63, 3.8) is 0 Å². The summed E-state index contributed by atoms with van der Waals surface area (Å²) in [7, 11) is 1.83. The van der Waals surface area contributed by atoms with Crippen LogP contribution in [0, 0.1) is 6.92 Å². The normalized spacial score (nSPS) is 10.1. The number of anilines is 2. The van der Waals surface area contributed by atoms with Crippen molar-refractivity contribution >= 4 is 33.2 Å². The number of nitrogens with one attached hydrogen (secondary N) is 2. The van der Waals surface area contributed by atoms with Crippen LogP contribution in [-0.4, -0.2) is 13.0 Å². The lowest BCUT2D eigenvalue weighted by atomic mass is 10.1. The Labute approximate surface area is 121 Å². The van der Waals surface area contributed by atoms with Crippen LogP contribution in [0.1, 0.15) is 15.9 Å². The van der Waals surface area contributed by atoms with Crippen molar-refractivity contribution in [2.75, 3.05) is 17.7 Å². The maximum absolute atomic E-state index is 12.2. The highest BCUT2D eigenvalue weighted by Gasteiger charge is 2.08. The average molecular weight is 319 g/mol. The van der Waals surface area contributed by atoms with E-state index in [2.05, 4.69) is 26.6 Å². The summed E-state index contributed by atoms with van der Waals surface area (Å²) in [6, 6.07) is 13.2. The first-order chi connectivity index (χ1) is 9.10. The highest BCUT2D eigenvalue weighted by Crippen LogP contribution is 2.21. The van der Waals surface area contributed by atoms with Gasteiger partial charge in [0.2, 0.25) is 0 Å². The summed E-state index contributed by atoms with van der Waals surface area (Å²) in [4.78, 5) is 12.2. The van der Waals surface area contributed by atoms with Crippen LogP contribution in [0.3, 0.4) is 0 Å². The number of carbonyl (C=O) groups excluding carboxylic acids is 1. The number of hydrogen-bond donors (Lipinski definition) is 2. The Bertz CT molecular complexity index is 611. The van der Waals surface area contributed by atoms with E-state index >= 15 is 0 Å². The minimum absolute atomic E-state index is 0.109. The molecule has 19 heavy (non-hydrogen) atoms. The van der Waals surface area contributed by atoms with Gasteiger partial charge in [0.25, 0.3) is 5.91 Å². The predicted molar refractivity (Wildman–Crippen MR) is 82.8 cm³/mol. The van der Waals surface area contributed by atoms with Gasteiger partial charge < -0.3 is 10.6 Å². The van der Waals surface area contributed by atoms with Crippen LogP contribution in [-0.2, 0) is 0 Å². The van der Waals surface area contributed by atoms with Crippen molar-refractivity contribution in [3.8, 4) is 0 Å². The molecule has 0 saturated carbocycles. The Kier molecular flexibility index (Phi) is 4.22. The third-order valence-electron chi connectivity index (χ3n) is 2.85. The molecule has 2 aromatic rings. The lowest BCUT2D eigenvalue weighted by molar-refractivity contribution is 0.102. The first-order valence-electron chi connectivity index (χ1n) is 5.95. The standard InChI is InChI=1S/C15H15BrN2O/c1-10-8-12(16)6-7-14(10)18-15(19)11-4-3-5-13(9-11)17-2/h3-9,17H,1-2H3,(H,18,19). The molecule has 2 aromatic carbocycles. The molecule has 4 heteroatoms. The largest absolute Gasteiger partial charge is 0.388 e. The molecule has 0 fully saturated rings. The molecule has 0 saturated heterocycles. The molecule has 0 heterocycles. The molecule has 0 aliphatic heterocycles. The van der Waals surface area contributed by atoms with Crippen LogP contribution in [0.5, 0.6) is 0 Å². The lowest BCUT2D eigenvalue weighted by Crippen LogP contribution is -2.12. The summed E-state index contributed by atoms with van der Waals surface area (Å²) in [6.45, 7) is 1.96. The van der Waals surface area contributed by atoms with E-state index in [-0.39, 0.29) is 5.91 Å². The molecule has 0 aromatic heterocycles. The second-order valence-electron chi connectivity index (χ2n) is 4.24. The van der Waals surface area contributed by atoms with E-state index in [1.807, 2.05) is 50.4 Å². The fraction of sp³-hybridized carbons (Fsp3) is 0.133. The van der Waals surface area contributed by atoms with Crippen molar-refractivity contribution in [2.24, 2.45) is 0 Å². The van der Waals surface area contributed by atoms with Gasteiger partial charge in [0.05, 0.1) is 0 Å². The summed E-state index contributed by atoms with van der Waals surface area (Å²) in [6.07, 6.45) is 0. The van der Waals surface area contributed by atoms with Gasteiger partial charge in [0.1, 0.15) is 0 Å². The number of halogens is 1. The molecule has 0 spiro atoms. The van der Waals surface area contributed by atoms with Crippen LogP contribution in [0.4, 0.5) is 11.4 Å². The first-order valence-corrected chi connectivity index (χ1v) is 6.75. The van der Waals surface area contributed by atoms with E-state index in [0.29, 0.717) is 5.56 Å². The van der Waals surface area contributed by atoms with E-state index in [9.17, 15) is 4.79 Å². The summed E-state index contributed by atoms with van der Waals surface area (Å²) < 4.78 is 1.00. The number of benzene rings is 2. The van der Waals surface area contributed by atoms with Gasteiger partial charge in [0.15, 0.2) is 0 Å². The van der Waals surface area contributed by atoms with Gasteiger partial charge in [0, 0.05) is 28.5 Å². The first kappa shape index (κ1) is 13.6. The maximum atomic E-state index is 12.2. The quantitative estimate of drug-likeness (QED) is 0.896. The average Bonchev–Trinajstić information content (AvgIpc) is 2.42. The van der Waals surface area contributed by atoms with Gasteiger partial charge in [-0.3, -0.25) is 4.79 Å². The Morgan fingerprint density at radius 1 is 1.16 bits per heavy atom. The Hall–Kier alpha value is -1.81. The predicted octanol–water partition coefficient (Wildman–Crippen LogP) is 4.05. The smallest absolute Gasteiger partial charge is 0.255 e. The topological polar surface area (TPSA) is 41.1 Å². The minimum atomic E-state index is -0.109. The zero-order valence-electron chi connectivity index (χ0n) is 10.8. The van der Waals surface area contributed by atoms with Crippen LogP contribution in [0.15, 0.2) is 46.9 Å². The molecule has 0 unspecified atom stereocenters. The molecule has 0 bridgehead atoms. The van der Waals surface area contributed by atoms with Crippen molar-refractivity contribution in [3.05, 3.63) is 58.1 Å². The van der Waals surface area contributed by atoms with E-state index in [1.54, 1.807) is 6.07 Å². The number of rotatable bonds is 3. The van der Waals surface area contributed by atoms with Gasteiger partial charge in [-0.2, -0.15) is 0 Å². The Balaban J connectivity index is 2.20. The van der Waals surface area contributed by atoms with Crippen molar-refractivity contribution in [1.82, 2.24) is 0 Å². The van der Waals surface area contributed by atoms with Crippen LogP contribution < -0.4 is 10.6 Å². The number of hydrogen-bond acceptors (Lipinski definition) is 2. The Morgan fingerprint density at radius 3 is 2.63 bits per heavy atom. The molecule has 2 rings (SSSR count). The number of carbonyl (C=O) groups is 1. The summed E-state index contributed by atoms with van der Waals surface area (Å²) in [5.41, 5.74) is 3.39. The highest BCUT2D eigenvalue weighted by molar-refractivity contribution is 9.10. The number of aryl methyl sites for hydroxylation is 1. The van der Waals surface area contributed by atoms with Crippen molar-refractivity contribution in [1.29, 1.82) is 0 Å². The van der Waals surface area contributed by atoms with Crippen molar-refractivity contribution < 1.29 is 4.79 Å². The van der Waals surface area contributed by atoms with E-state index in [1.165, 1.54) is 0 Å². The monoisotopic (exact) mass is 318 g/mol. The van der Waals surface area contributed by atoms with Gasteiger partial charge >= 0.3 is 0 Å². The fourth-order valence-electron chi connectivity index (χ4n) is 1.78. The van der Waals surface area contributed by atoms with E-state index in [0.717, 1.165) is 21.4 Å². The third kappa shape index (κ3) is 3.35. The van der Waals surface area contributed by atoms with Crippen LogP contribution >= 0.6 is 15.9 Å². The molecule has 1 amide bonds. The molecular formula is C15H15BrN2O. The third-order valence-corrected chi connectivity index (χ3v) is 3.34. The summed E-state index contributed by atoms with van der Waals surface area (Å²) >= 11 is 3.41. The van der Waals surface area contributed by atoms with Crippen LogP contribution in [0.25, 0.3) is 0 Å². The zero-order valence-corrected chi connectivity index (χ0v) is 12.4. The summed E-state index contributed by atoms with van der Waals surface area (Å²) in [5, 5.41) is 5.94. The highest BCUT2D eigenvalue weighted by atomic mass is 79.9. The molecule has 0 aliphatic carbocycles. The zero-order chi connectivity index (χ0) is 13.8. The lowest BCUT2D eigenvalue weighted by Gasteiger charge is -2.09. The SMILES string of the molecule is CNc1cccc(C(=O)Nc2ccc(Br)cc2C)c1. The molecule has 0 atom stereocenters. The fourth-order valence-corrected chi connectivity index (χ4v) is 2.25. The second-order valence-corrected chi connectivity index (χ2v) is 5.16. The molecule has 2 N–H and O–H groups in total. The van der Waals surface area contributed by atoms with Gasteiger partial charge in [-0.15, -0.1) is 0 Å². The molecule has 0 aliphatic rings. The van der Waals surface area contributed by atoms with E-state index in [4.69, 9.17) is 0 Å². The number of amides is 1. The van der Waals surface area contributed by atoms with Gasteiger partial charge in [-0.25, -0.2) is 0 Å². The Morgan fingerprint density at radius 2 is 1.95 bits per heavy atom.